The van der Waals surface area contributed by atoms with Gasteiger partial charge >= 0.3 is 0 Å². The van der Waals surface area contributed by atoms with Crippen LogP contribution in [-0.2, 0) is 10.3 Å². The smallest absolute Gasteiger partial charge is 0.275 e. The number of hydrogen-bond acceptors (Lipinski definition) is 3. The topological polar surface area (TPSA) is 64.0 Å². The van der Waals surface area contributed by atoms with E-state index in [0.29, 0.717) is 18.2 Å². The lowest BCUT2D eigenvalue weighted by molar-refractivity contribution is -0.133. The van der Waals surface area contributed by atoms with Crippen molar-refractivity contribution >= 4 is 16.7 Å². The van der Waals surface area contributed by atoms with E-state index in [1.165, 1.54) is 6.42 Å². The molecule has 2 fully saturated rings. The van der Waals surface area contributed by atoms with Gasteiger partial charge in [0.1, 0.15) is 5.54 Å². The largest absolute Gasteiger partial charge is 0.351 e. The van der Waals surface area contributed by atoms with Crippen LogP contribution < -0.4 is 10.9 Å². The predicted octanol–water partition coefficient (Wildman–Crippen LogP) is 5.17. The Bertz CT molecular complexity index is 1160. The number of nitrogens with zero attached hydrogens (tertiary/aromatic N) is 2. The van der Waals surface area contributed by atoms with Gasteiger partial charge in [-0.15, -0.1) is 0 Å². The number of nitrogens with one attached hydrogen (secondary N) is 1. The zero-order valence-corrected chi connectivity index (χ0v) is 18.6. The fourth-order valence-corrected chi connectivity index (χ4v) is 5.53. The molecule has 5 rings (SSSR count). The van der Waals surface area contributed by atoms with E-state index in [2.05, 4.69) is 5.32 Å². The van der Waals surface area contributed by atoms with E-state index in [1.54, 1.807) is 4.68 Å². The molecule has 0 spiro atoms. The van der Waals surface area contributed by atoms with Gasteiger partial charge in [0, 0.05) is 17.0 Å². The molecule has 1 amide bonds. The van der Waals surface area contributed by atoms with Crippen LogP contribution in [0.25, 0.3) is 22.0 Å². The Morgan fingerprint density at radius 3 is 2.19 bits per heavy atom. The van der Waals surface area contributed by atoms with E-state index < -0.39 is 5.54 Å². The van der Waals surface area contributed by atoms with Crippen LogP contribution in [0.5, 0.6) is 0 Å². The summed E-state index contributed by atoms with van der Waals surface area (Å²) in [7, 11) is 0. The molecule has 0 bridgehead atoms. The van der Waals surface area contributed by atoms with Gasteiger partial charge in [-0.1, -0.05) is 87.1 Å². The highest BCUT2D eigenvalue weighted by atomic mass is 16.2. The summed E-state index contributed by atoms with van der Waals surface area (Å²) < 4.78 is 1.55. The maximum absolute atomic E-state index is 13.8. The quantitative estimate of drug-likeness (QED) is 0.622. The predicted molar refractivity (Wildman–Crippen MR) is 128 cm³/mol. The van der Waals surface area contributed by atoms with Gasteiger partial charge in [-0.05, 0) is 31.7 Å². The van der Waals surface area contributed by atoms with Gasteiger partial charge in [0.15, 0.2) is 0 Å². The van der Waals surface area contributed by atoms with Gasteiger partial charge in [0.05, 0.1) is 11.1 Å². The lowest BCUT2D eigenvalue weighted by atomic mass is 9.80. The zero-order valence-electron chi connectivity index (χ0n) is 18.6. The van der Waals surface area contributed by atoms with Crippen molar-refractivity contribution < 1.29 is 4.79 Å². The van der Waals surface area contributed by atoms with Gasteiger partial charge < -0.3 is 5.32 Å². The summed E-state index contributed by atoms with van der Waals surface area (Å²) in [6, 6.07) is 17.8. The van der Waals surface area contributed by atoms with Crippen LogP contribution in [0.2, 0.25) is 0 Å². The number of carbonyl (C=O) groups excluding carboxylic acids is 1. The number of aromatic nitrogens is 2. The summed E-state index contributed by atoms with van der Waals surface area (Å²) in [5.74, 6) is -0.0204. The molecular formula is C27H31N3O2. The molecule has 0 radical (unpaired) electrons. The normalized spacial score (nSPS) is 19.0. The third-order valence-corrected chi connectivity index (χ3v) is 7.30. The average molecular weight is 430 g/mol. The van der Waals surface area contributed by atoms with E-state index >= 15 is 0 Å². The molecule has 32 heavy (non-hydrogen) atoms. The Kier molecular flexibility index (Phi) is 5.81. The summed E-state index contributed by atoms with van der Waals surface area (Å²) in [4.78, 5) is 27.5. The first-order valence-electron chi connectivity index (χ1n) is 12.1. The molecule has 166 valence electrons. The van der Waals surface area contributed by atoms with Crippen LogP contribution in [0.1, 0.15) is 64.2 Å². The number of benzene rings is 2. The Balaban J connectivity index is 1.67. The first-order valence-corrected chi connectivity index (χ1v) is 12.1. The standard InChI is InChI=1S/C27H31N3O2/c31-25-23-17-9-8-16-22(23)24(20-12-4-1-5-13-20)29-30(25)27(18-10-3-11-19-27)26(32)28-21-14-6-2-7-15-21/h1,4-5,8-9,12-13,16-17,21H,2-3,6-7,10-11,14-15,18-19H2,(H,28,32). The van der Waals surface area contributed by atoms with E-state index in [0.717, 1.165) is 61.6 Å². The fourth-order valence-electron chi connectivity index (χ4n) is 5.53. The first kappa shape index (κ1) is 20.9. The van der Waals surface area contributed by atoms with Crippen LogP contribution in [0.15, 0.2) is 59.4 Å². The highest BCUT2D eigenvalue weighted by molar-refractivity contribution is 5.94. The third kappa shape index (κ3) is 3.74. The van der Waals surface area contributed by atoms with Crippen LogP contribution in [0.4, 0.5) is 0 Å². The molecule has 0 unspecified atom stereocenters. The maximum Gasteiger partial charge on any atom is 0.275 e. The molecule has 5 heteroatoms. The average Bonchev–Trinajstić information content (AvgIpc) is 2.86. The van der Waals surface area contributed by atoms with Gasteiger partial charge in [0.25, 0.3) is 5.56 Å². The van der Waals surface area contributed by atoms with Crippen molar-refractivity contribution in [1.82, 2.24) is 15.1 Å². The van der Waals surface area contributed by atoms with Crippen molar-refractivity contribution in [2.45, 2.75) is 75.8 Å². The number of hydrogen-bond donors (Lipinski definition) is 1. The van der Waals surface area contributed by atoms with Crippen LogP contribution in [0, 0.1) is 0 Å². The summed E-state index contributed by atoms with van der Waals surface area (Å²) in [6.07, 6.45) is 9.87. The molecule has 2 aliphatic carbocycles. The summed E-state index contributed by atoms with van der Waals surface area (Å²) >= 11 is 0. The van der Waals surface area contributed by atoms with Crippen LogP contribution in [-0.4, -0.2) is 21.7 Å². The molecule has 1 aromatic heterocycles. The molecule has 2 aromatic carbocycles. The Hall–Kier alpha value is -2.95. The molecule has 5 nitrogen and oxygen atoms in total. The molecular weight excluding hydrogens is 398 g/mol. The number of amides is 1. The number of fused-ring (bicyclic) bond motifs is 1. The second kappa shape index (κ2) is 8.89. The minimum absolute atomic E-state index is 0.0204. The van der Waals surface area contributed by atoms with E-state index in [1.807, 2.05) is 54.6 Å². The molecule has 3 aromatic rings. The first-order chi connectivity index (χ1) is 15.7. The van der Waals surface area contributed by atoms with E-state index in [-0.39, 0.29) is 17.5 Å². The van der Waals surface area contributed by atoms with Crippen LogP contribution >= 0.6 is 0 Å². The van der Waals surface area contributed by atoms with Gasteiger partial charge in [-0.2, -0.15) is 5.10 Å². The second-order valence-corrected chi connectivity index (χ2v) is 9.38. The molecule has 0 saturated heterocycles. The lowest BCUT2D eigenvalue weighted by Crippen LogP contribution is -2.56. The molecule has 1 N–H and O–H groups in total. The summed E-state index contributed by atoms with van der Waals surface area (Å²) in [5.41, 5.74) is 0.633. The Labute approximate surface area is 188 Å². The fraction of sp³-hybridized carbons (Fsp3) is 0.444. The minimum Gasteiger partial charge on any atom is -0.351 e. The van der Waals surface area contributed by atoms with Crippen molar-refractivity contribution in [2.75, 3.05) is 0 Å². The van der Waals surface area contributed by atoms with E-state index in [9.17, 15) is 9.59 Å². The highest BCUT2D eigenvalue weighted by Crippen LogP contribution is 2.36. The van der Waals surface area contributed by atoms with Crippen LogP contribution in [0.3, 0.4) is 0 Å². The van der Waals surface area contributed by atoms with E-state index in [4.69, 9.17) is 5.10 Å². The summed E-state index contributed by atoms with van der Waals surface area (Å²) in [6.45, 7) is 0. The van der Waals surface area contributed by atoms with Gasteiger partial charge in [-0.3, -0.25) is 9.59 Å². The SMILES string of the molecule is O=C(NC1CCCCC1)C1(n2nc(-c3ccccc3)c3ccccc3c2=O)CCCCC1. The van der Waals surface area contributed by atoms with Crippen molar-refractivity contribution in [3.8, 4) is 11.3 Å². The Morgan fingerprint density at radius 2 is 1.47 bits per heavy atom. The minimum atomic E-state index is -0.916. The van der Waals surface area contributed by atoms with Crippen molar-refractivity contribution in [2.24, 2.45) is 0 Å². The highest BCUT2D eigenvalue weighted by Gasteiger charge is 2.44. The second-order valence-electron chi connectivity index (χ2n) is 9.38. The number of rotatable bonds is 4. The summed E-state index contributed by atoms with van der Waals surface area (Å²) in [5, 5.41) is 9.70. The Morgan fingerprint density at radius 1 is 0.844 bits per heavy atom. The molecule has 1 heterocycles. The lowest BCUT2D eigenvalue weighted by Gasteiger charge is -2.38. The van der Waals surface area contributed by atoms with Gasteiger partial charge in [0.2, 0.25) is 5.91 Å². The van der Waals surface area contributed by atoms with Crippen molar-refractivity contribution in [3.63, 3.8) is 0 Å². The number of carbonyl (C=O) groups is 1. The molecule has 2 aliphatic rings. The molecule has 0 atom stereocenters. The molecule has 0 aliphatic heterocycles. The van der Waals surface area contributed by atoms with Crippen molar-refractivity contribution in [1.29, 1.82) is 0 Å². The van der Waals surface area contributed by atoms with Crippen molar-refractivity contribution in [3.05, 3.63) is 65.0 Å². The molecule has 2 saturated carbocycles. The zero-order chi connectivity index (χ0) is 22.0. The third-order valence-electron chi connectivity index (χ3n) is 7.30. The maximum atomic E-state index is 13.8. The monoisotopic (exact) mass is 429 g/mol. The van der Waals surface area contributed by atoms with Gasteiger partial charge in [-0.25, -0.2) is 4.68 Å².